The van der Waals surface area contributed by atoms with Crippen molar-refractivity contribution in [2.75, 3.05) is 20.8 Å². The average Bonchev–Trinajstić information content (AvgIpc) is 2.79. The molecule has 4 aliphatic rings. The Labute approximate surface area is 193 Å². The molecule has 11 nitrogen and oxygen atoms in total. The Hall–Kier alpha value is -0.440. The third kappa shape index (κ3) is 5.24. The standard InChI is InChI=1S/C22H38O11/c1-29-15-3-9(4-16(30-2)19(15)27)21-17(33-22-20(28)18(26)13(25)8-31-22)7-11-12(24)5-10(23)6-14(11)32-21/h9-28H,3-8H2,1-2H3/p+1/t9?,10?,11?,12?,13-,14?,15?,16?,17?,18-,19?,20+,21?,22+/m1/s1. The zero-order valence-electron chi connectivity index (χ0n) is 19.1. The lowest BCUT2D eigenvalue weighted by Gasteiger charge is -2.48. The van der Waals surface area contributed by atoms with Crippen molar-refractivity contribution in [3.05, 3.63) is 0 Å². The largest absolute Gasteiger partial charge is 0.427 e. The van der Waals surface area contributed by atoms with Gasteiger partial charge in [-0.1, -0.05) is 0 Å². The van der Waals surface area contributed by atoms with Gasteiger partial charge in [-0.15, -0.1) is 0 Å². The molecule has 33 heavy (non-hydrogen) atoms. The molecular weight excluding hydrogens is 440 g/mol. The van der Waals surface area contributed by atoms with E-state index in [9.17, 15) is 30.6 Å². The molecule has 0 radical (unpaired) electrons. The highest BCUT2D eigenvalue weighted by Gasteiger charge is 2.55. The van der Waals surface area contributed by atoms with Gasteiger partial charge < -0.3 is 54.3 Å². The molecule has 2 heterocycles. The van der Waals surface area contributed by atoms with Gasteiger partial charge in [-0.25, -0.2) is 0 Å². The quantitative estimate of drug-likeness (QED) is 0.230. The topological polar surface area (TPSA) is 171 Å². The van der Waals surface area contributed by atoms with Gasteiger partial charge in [0.15, 0.2) is 18.5 Å². The number of hydrogen-bond donors (Lipinski definition) is 6. The molecule has 4 fully saturated rings. The molecule has 0 amide bonds. The Morgan fingerprint density at radius 2 is 1.39 bits per heavy atom. The molecule has 0 spiro atoms. The van der Waals surface area contributed by atoms with Crippen LogP contribution in [0.25, 0.3) is 0 Å². The normalized spacial score (nSPS) is 53.5. The summed E-state index contributed by atoms with van der Waals surface area (Å²) in [6.45, 7) is -0.175. The number of methoxy groups -OCH3 is 2. The summed E-state index contributed by atoms with van der Waals surface area (Å²) < 4.78 is 27.7. The molecular formula is C22H39O11+. The van der Waals surface area contributed by atoms with E-state index < -0.39 is 61.2 Å². The first-order chi connectivity index (χ1) is 15.7. The summed E-state index contributed by atoms with van der Waals surface area (Å²) in [6.07, 6.45) is -7.19. The van der Waals surface area contributed by atoms with Crippen molar-refractivity contribution in [3.63, 3.8) is 0 Å². The second kappa shape index (κ2) is 10.7. The monoisotopic (exact) mass is 479 g/mol. The van der Waals surface area contributed by atoms with Crippen LogP contribution in [-0.2, 0) is 18.9 Å². The predicted molar refractivity (Wildman–Crippen MR) is 112 cm³/mol. The van der Waals surface area contributed by atoms with Gasteiger partial charge in [0.25, 0.3) is 0 Å². The molecule has 7 N–H and O–H groups in total. The van der Waals surface area contributed by atoms with Crippen LogP contribution in [0.4, 0.5) is 0 Å². The number of aliphatic hydroxyl groups excluding tert-OH is 6. The Morgan fingerprint density at radius 1 is 0.727 bits per heavy atom. The van der Waals surface area contributed by atoms with Gasteiger partial charge in [-0.2, -0.15) is 0 Å². The van der Waals surface area contributed by atoms with E-state index in [0.29, 0.717) is 25.7 Å². The van der Waals surface area contributed by atoms with E-state index in [1.165, 1.54) is 14.2 Å². The highest BCUT2D eigenvalue weighted by atomic mass is 16.7. The number of rotatable bonds is 5. The highest BCUT2D eigenvalue weighted by molar-refractivity contribution is 4.99. The van der Waals surface area contributed by atoms with Crippen molar-refractivity contribution < 1.29 is 54.3 Å². The zero-order valence-corrected chi connectivity index (χ0v) is 19.1. The van der Waals surface area contributed by atoms with Crippen LogP contribution in [0.15, 0.2) is 0 Å². The SMILES string of the molecule is COC1CC(C2[OH+]C3CC(O)CC(O)C3CC2O[C@@H]2OC[C@@H](O)[C@@H](O)[C@@H]2O)CC(OC)C1O. The van der Waals surface area contributed by atoms with Crippen LogP contribution in [0.1, 0.15) is 32.1 Å². The molecule has 2 aliphatic carbocycles. The van der Waals surface area contributed by atoms with Crippen LogP contribution in [0, 0.1) is 11.8 Å². The molecule has 0 aromatic carbocycles. The Bertz CT molecular complexity index is 623. The minimum absolute atomic E-state index is 0.0818. The van der Waals surface area contributed by atoms with Gasteiger partial charge in [0.2, 0.25) is 0 Å². The molecule has 2 saturated heterocycles. The minimum Gasteiger partial charge on any atom is -0.427 e. The number of hydrogen-bond acceptors (Lipinski definition) is 10. The first kappa shape index (κ1) is 25.6. The number of fused-ring (bicyclic) bond motifs is 1. The van der Waals surface area contributed by atoms with Crippen molar-refractivity contribution in [3.8, 4) is 0 Å². The minimum atomic E-state index is -1.43. The number of ether oxygens (including phenoxy) is 5. The highest BCUT2D eigenvalue weighted by Crippen LogP contribution is 2.42. The van der Waals surface area contributed by atoms with Crippen LogP contribution >= 0.6 is 0 Å². The summed E-state index contributed by atoms with van der Waals surface area (Å²) >= 11 is 0. The Balaban J connectivity index is 1.56. The van der Waals surface area contributed by atoms with Crippen LogP contribution in [0.5, 0.6) is 0 Å². The second-order valence-electron chi connectivity index (χ2n) is 9.99. The van der Waals surface area contributed by atoms with E-state index in [1.54, 1.807) is 0 Å². The van der Waals surface area contributed by atoms with E-state index in [0.717, 1.165) is 0 Å². The molecule has 0 bridgehead atoms. The van der Waals surface area contributed by atoms with Crippen LogP contribution in [0.3, 0.4) is 0 Å². The van der Waals surface area contributed by atoms with E-state index in [-0.39, 0.29) is 37.1 Å². The van der Waals surface area contributed by atoms with Crippen LogP contribution in [0.2, 0.25) is 0 Å². The molecule has 4 rings (SSSR count). The van der Waals surface area contributed by atoms with Crippen molar-refractivity contribution in [2.24, 2.45) is 11.8 Å². The van der Waals surface area contributed by atoms with E-state index in [2.05, 4.69) is 0 Å². The third-order valence-corrected chi connectivity index (χ3v) is 7.95. The molecule has 0 aromatic rings. The fraction of sp³-hybridized carbons (Fsp3) is 1.00. The molecule has 0 aromatic heterocycles. The van der Waals surface area contributed by atoms with Crippen molar-refractivity contribution in [2.45, 2.75) is 106 Å². The van der Waals surface area contributed by atoms with Gasteiger partial charge in [0.05, 0.1) is 36.9 Å². The van der Waals surface area contributed by atoms with E-state index in [4.69, 9.17) is 23.7 Å². The second-order valence-corrected chi connectivity index (χ2v) is 9.99. The summed E-state index contributed by atoms with van der Waals surface area (Å²) in [7, 11) is 3.08. The van der Waals surface area contributed by atoms with Gasteiger partial charge in [-0.3, -0.25) is 0 Å². The van der Waals surface area contributed by atoms with Crippen molar-refractivity contribution >= 4 is 0 Å². The summed E-state index contributed by atoms with van der Waals surface area (Å²) in [4.78, 5) is 0. The molecule has 2 aliphatic heterocycles. The first-order valence-corrected chi connectivity index (χ1v) is 11.8. The molecule has 11 heteroatoms. The fourth-order valence-corrected chi connectivity index (χ4v) is 6.06. The third-order valence-electron chi connectivity index (χ3n) is 7.95. The van der Waals surface area contributed by atoms with Gasteiger partial charge in [-0.05, 0) is 19.3 Å². The summed E-state index contributed by atoms with van der Waals surface area (Å²) in [5, 5.41) is 61.6. The molecule has 192 valence electrons. The number of aliphatic hydroxyl groups is 8. The van der Waals surface area contributed by atoms with Gasteiger partial charge >= 0.3 is 0 Å². The Kier molecular flexibility index (Phi) is 8.29. The Morgan fingerprint density at radius 3 is 2.03 bits per heavy atom. The maximum Gasteiger partial charge on any atom is 0.186 e. The molecule has 2 saturated carbocycles. The van der Waals surface area contributed by atoms with E-state index in [1.807, 2.05) is 0 Å². The summed E-state index contributed by atoms with van der Waals surface area (Å²) in [6, 6.07) is 0. The van der Waals surface area contributed by atoms with Crippen LogP contribution < -0.4 is 0 Å². The fourth-order valence-electron chi connectivity index (χ4n) is 6.06. The molecule has 12 atom stereocenters. The summed E-state index contributed by atoms with van der Waals surface area (Å²) in [5.41, 5.74) is 0. The van der Waals surface area contributed by atoms with Gasteiger partial charge in [0.1, 0.15) is 30.5 Å². The summed E-state index contributed by atoms with van der Waals surface area (Å²) in [5.74, 6) is -0.293. The van der Waals surface area contributed by atoms with E-state index >= 15 is 0 Å². The first-order valence-electron chi connectivity index (χ1n) is 11.8. The maximum atomic E-state index is 10.6. The maximum absolute atomic E-state index is 10.6. The van der Waals surface area contributed by atoms with Gasteiger partial charge in [0, 0.05) is 33.0 Å². The predicted octanol–water partition coefficient (Wildman–Crippen LogP) is -2.59. The lowest BCUT2D eigenvalue weighted by Crippen LogP contribution is -2.62. The van der Waals surface area contributed by atoms with Crippen LogP contribution in [-0.4, -0.2) is 130 Å². The van der Waals surface area contributed by atoms with Crippen molar-refractivity contribution in [1.29, 1.82) is 0 Å². The molecule has 8 unspecified atom stereocenters. The van der Waals surface area contributed by atoms with Crippen molar-refractivity contribution in [1.82, 2.24) is 0 Å². The average molecular weight is 480 g/mol. The lowest BCUT2D eigenvalue weighted by atomic mass is 9.72. The lowest BCUT2D eigenvalue weighted by molar-refractivity contribution is -0.346. The zero-order chi connectivity index (χ0) is 23.9. The smallest absolute Gasteiger partial charge is 0.186 e.